The van der Waals surface area contributed by atoms with Gasteiger partial charge in [0.15, 0.2) is 0 Å². The first kappa shape index (κ1) is 8.72. The second kappa shape index (κ2) is 3.35. The number of hydrogen-bond acceptors (Lipinski definition) is 1. The molecule has 1 aromatic rings. The Kier molecular flexibility index (Phi) is 2.92. The summed E-state index contributed by atoms with van der Waals surface area (Å²) in [4.78, 5) is 0.617. The lowest BCUT2D eigenvalue weighted by Crippen LogP contribution is -1.72. The van der Waals surface area contributed by atoms with Crippen molar-refractivity contribution in [3.63, 3.8) is 0 Å². The molecule has 10 heavy (non-hydrogen) atoms. The molecule has 0 unspecified atom stereocenters. The molecule has 0 radical (unpaired) electrons. The van der Waals surface area contributed by atoms with Gasteiger partial charge in [-0.05, 0) is 12.1 Å². The Hall–Kier alpha value is 0.630. The van der Waals surface area contributed by atoms with Gasteiger partial charge in [0, 0.05) is 9.37 Å². The van der Waals surface area contributed by atoms with Crippen LogP contribution in [-0.4, -0.2) is 0 Å². The van der Waals surface area contributed by atoms with Crippen molar-refractivity contribution in [1.29, 1.82) is 0 Å². The second-order valence-corrected chi connectivity index (χ2v) is 3.90. The summed E-state index contributed by atoms with van der Waals surface area (Å²) < 4.78 is 0.861. The van der Waals surface area contributed by atoms with Crippen LogP contribution in [-0.2, 0) is 0 Å². The SMILES string of the molecule is Sc1c(Cl)cc(Br)cc1Cl. The average Bonchev–Trinajstić information content (AvgIpc) is 1.82. The maximum absolute atomic E-state index is 5.73. The standard InChI is InChI=1S/C6H3BrCl2S/c7-3-1-4(8)6(10)5(9)2-3/h1-2,10H. The summed E-state index contributed by atoms with van der Waals surface area (Å²) in [6, 6.07) is 3.49. The fourth-order valence-corrected chi connectivity index (χ4v) is 1.87. The maximum Gasteiger partial charge on any atom is 0.0565 e. The first-order valence-electron chi connectivity index (χ1n) is 2.45. The minimum atomic E-state index is 0.558. The molecule has 4 heteroatoms. The van der Waals surface area contributed by atoms with Crippen molar-refractivity contribution < 1.29 is 0 Å². The number of rotatable bonds is 0. The van der Waals surface area contributed by atoms with Crippen LogP contribution in [0.1, 0.15) is 0 Å². The van der Waals surface area contributed by atoms with Crippen LogP contribution in [0.2, 0.25) is 10.0 Å². The highest BCUT2D eigenvalue weighted by atomic mass is 79.9. The molecule has 0 heterocycles. The molecule has 0 fully saturated rings. The molecular weight excluding hydrogens is 255 g/mol. The fraction of sp³-hybridized carbons (Fsp3) is 0. The van der Waals surface area contributed by atoms with Gasteiger partial charge < -0.3 is 0 Å². The molecule has 0 aliphatic carbocycles. The van der Waals surface area contributed by atoms with E-state index < -0.39 is 0 Å². The first-order valence-corrected chi connectivity index (χ1v) is 4.44. The van der Waals surface area contributed by atoms with Gasteiger partial charge in [0.25, 0.3) is 0 Å². The van der Waals surface area contributed by atoms with Gasteiger partial charge in [-0.15, -0.1) is 12.6 Å². The van der Waals surface area contributed by atoms with E-state index >= 15 is 0 Å². The monoisotopic (exact) mass is 256 g/mol. The van der Waals surface area contributed by atoms with Crippen LogP contribution in [0.5, 0.6) is 0 Å². The van der Waals surface area contributed by atoms with Crippen LogP contribution in [0, 0.1) is 0 Å². The van der Waals surface area contributed by atoms with E-state index in [1.165, 1.54) is 0 Å². The number of benzene rings is 1. The minimum Gasteiger partial charge on any atom is -0.140 e. The molecule has 0 atom stereocenters. The Labute approximate surface area is 83.1 Å². The molecule has 0 spiro atoms. The zero-order valence-corrected chi connectivity index (χ0v) is 8.73. The van der Waals surface area contributed by atoms with E-state index in [0.717, 1.165) is 4.47 Å². The van der Waals surface area contributed by atoms with E-state index in [1.807, 2.05) is 0 Å². The molecular formula is C6H3BrCl2S. The van der Waals surface area contributed by atoms with Crippen LogP contribution in [0.25, 0.3) is 0 Å². The molecule has 1 rings (SSSR count). The largest absolute Gasteiger partial charge is 0.140 e. The highest BCUT2D eigenvalue weighted by Crippen LogP contribution is 2.31. The van der Waals surface area contributed by atoms with Crippen molar-refractivity contribution in [2.75, 3.05) is 0 Å². The summed E-state index contributed by atoms with van der Waals surface area (Å²) in [5.74, 6) is 0. The molecule has 0 aromatic heterocycles. The number of halogens is 3. The summed E-state index contributed by atoms with van der Waals surface area (Å²) in [6.45, 7) is 0. The lowest BCUT2D eigenvalue weighted by molar-refractivity contribution is 1.45. The van der Waals surface area contributed by atoms with E-state index in [9.17, 15) is 0 Å². The molecule has 0 N–H and O–H groups in total. The topological polar surface area (TPSA) is 0 Å². The summed E-state index contributed by atoms with van der Waals surface area (Å²) in [6.07, 6.45) is 0. The van der Waals surface area contributed by atoms with E-state index in [0.29, 0.717) is 14.9 Å². The van der Waals surface area contributed by atoms with Crippen molar-refractivity contribution in [2.24, 2.45) is 0 Å². The van der Waals surface area contributed by atoms with Crippen LogP contribution in [0.4, 0.5) is 0 Å². The summed E-state index contributed by atoms with van der Waals surface area (Å²) in [5, 5.41) is 1.12. The minimum absolute atomic E-state index is 0.558. The normalized spacial score (nSPS) is 10.0. The van der Waals surface area contributed by atoms with Crippen molar-refractivity contribution in [2.45, 2.75) is 4.90 Å². The molecule has 54 valence electrons. The van der Waals surface area contributed by atoms with Crippen molar-refractivity contribution in [3.8, 4) is 0 Å². The Balaban J connectivity index is 3.31. The lowest BCUT2D eigenvalue weighted by Gasteiger charge is -1.99. The third-order valence-electron chi connectivity index (χ3n) is 0.982. The third kappa shape index (κ3) is 1.82. The summed E-state index contributed by atoms with van der Waals surface area (Å²) in [7, 11) is 0. The van der Waals surface area contributed by atoms with Gasteiger partial charge in [-0.2, -0.15) is 0 Å². The molecule has 0 nitrogen and oxygen atoms in total. The van der Waals surface area contributed by atoms with Crippen molar-refractivity contribution >= 4 is 51.8 Å². The van der Waals surface area contributed by atoms with Crippen molar-refractivity contribution in [1.82, 2.24) is 0 Å². The van der Waals surface area contributed by atoms with E-state index in [-0.39, 0.29) is 0 Å². The zero-order valence-electron chi connectivity index (χ0n) is 4.74. The average molecular weight is 258 g/mol. The van der Waals surface area contributed by atoms with Gasteiger partial charge in [-0.25, -0.2) is 0 Å². The van der Waals surface area contributed by atoms with Gasteiger partial charge >= 0.3 is 0 Å². The zero-order chi connectivity index (χ0) is 7.72. The highest BCUT2D eigenvalue weighted by Gasteiger charge is 2.01. The summed E-state index contributed by atoms with van der Waals surface area (Å²) in [5.41, 5.74) is 0. The first-order chi connectivity index (χ1) is 4.61. The molecule has 0 aliphatic heterocycles. The van der Waals surface area contributed by atoms with Crippen LogP contribution < -0.4 is 0 Å². The smallest absolute Gasteiger partial charge is 0.0565 e. The van der Waals surface area contributed by atoms with Gasteiger partial charge in [-0.1, -0.05) is 39.1 Å². The van der Waals surface area contributed by atoms with Crippen LogP contribution in [0.15, 0.2) is 21.5 Å². The van der Waals surface area contributed by atoms with Gasteiger partial charge in [0.2, 0.25) is 0 Å². The van der Waals surface area contributed by atoms with Gasteiger partial charge in [0.1, 0.15) is 0 Å². The molecule has 1 aromatic carbocycles. The fourth-order valence-electron chi connectivity index (χ4n) is 0.535. The van der Waals surface area contributed by atoms with E-state index in [4.69, 9.17) is 23.2 Å². The van der Waals surface area contributed by atoms with Crippen LogP contribution >= 0.6 is 51.8 Å². The highest BCUT2D eigenvalue weighted by molar-refractivity contribution is 9.10. The van der Waals surface area contributed by atoms with E-state index in [1.54, 1.807) is 12.1 Å². The number of thiol groups is 1. The molecule has 0 amide bonds. The van der Waals surface area contributed by atoms with Crippen molar-refractivity contribution in [3.05, 3.63) is 26.7 Å². The Morgan fingerprint density at radius 2 is 1.60 bits per heavy atom. The summed E-state index contributed by atoms with van der Waals surface area (Å²) >= 11 is 18.8. The Morgan fingerprint density at radius 1 is 1.20 bits per heavy atom. The maximum atomic E-state index is 5.73. The van der Waals surface area contributed by atoms with Crippen LogP contribution in [0.3, 0.4) is 0 Å². The third-order valence-corrected chi connectivity index (χ3v) is 2.78. The molecule has 0 bridgehead atoms. The molecule has 0 saturated heterocycles. The van der Waals surface area contributed by atoms with E-state index in [2.05, 4.69) is 28.6 Å². The Morgan fingerprint density at radius 3 is 2.00 bits per heavy atom. The number of hydrogen-bond donors (Lipinski definition) is 1. The predicted molar refractivity (Wildman–Crippen MR) is 51.4 cm³/mol. The van der Waals surface area contributed by atoms with Gasteiger partial charge in [-0.3, -0.25) is 0 Å². The molecule has 0 aliphatic rings. The molecule has 0 saturated carbocycles. The predicted octanol–water partition coefficient (Wildman–Crippen LogP) is 4.04. The lowest BCUT2D eigenvalue weighted by atomic mass is 10.4. The quantitative estimate of drug-likeness (QED) is 0.667. The van der Waals surface area contributed by atoms with Gasteiger partial charge in [0.05, 0.1) is 10.0 Å². The Bertz CT molecular complexity index is 239. The second-order valence-electron chi connectivity index (χ2n) is 1.72.